The van der Waals surface area contributed by atoms with Crippen molar-refractivity contribution in [2.75, 3.05) is 14.1 Å². The zero-order chi connectivity index (χ0) is 50.2. The highest BCUT2D eigenvalue weighted by Crippen LogP contribution is 2.31. The van der Waals surface area contributed by atoms with Gasteiger partial charge in [0.25, 0.3) is 23.6 Å². The number of hydrogen-bond acceptors (Lipinski definition) is 6. The van der Waals surface area contributed by atoms with Gasteiger partial charge in [-0.1, -0.05) is 70.6 Å². The van der Waals surface area contributed by atoms with E-state index in [1.165, 1.54) is 13.8 Å². The molecule has 0 fully saturated rings. The average Bonchev–Trinajstić information content (AvgIpc) is 3.66. The zero-order valence-corrected chi connectivity index (χ0v) is 26.3. The quantitative estimate of drug-likeness (QED) is 0.180. The first kappa shape index (κ1) is 17.2. The Morgan fingerprint density at radius 1 is 0.396 bits per heavy atom. The third-order valence-corrected chi connectivity index (χ3v) is 6.39. The minimum atomic E-state index is -0.877. The Morgan fingerprint density at radius 2 is 0.646 bits per heavy atom. The summed E-state index contributed by atoms with van der Waals surface area (Å²) >= 11 is 0. The van der Waals surface area contributed by atoms with Crippen LogP contribution in [0.3, 0.4) is 0 Å². The van der Waals surface area contributed by atoms with Gasteiger partial charge in [-0.2, -0.15) is 0 Å². The number of imide groups is 2. The van der Waals surface area contributed by atoms with Crippen molar-refractivity contribution < 1.29 is 53.3 Å². The molecule has 0 atom stereocenters. The Kier molecular flexibility index (Phi) is 5.09. The molecule has 48 heavy (non-hydrogen) atoms. The fraction of sp³-hybridized carbons (Fsp3) is 0.150. The molecule has 0 aromatic heterocycles. The van der Waals surface area contributed by atoms with Crippen molar-refractivity contribution in [1.29, 1.82) is 0 Å². The SMILES string of the molecule is [2H]c1c([2H])c(C)c([2H])c([2H])c1C.[2H]c1c([2H])c(Oc2c([2H])c([2H])c(C)c([2H])c2[2H])c([2H])c([2H])c1C.[2H]c1c([2H])c2c(c([2H])c1Oc1c([2H])c([2H])c3c(c1[2H])C(=O)N(C)C3=O)C(=O)N(C)C2=O. The van der Waals surface area contributed by atoms with Crippen LogP contribution in [0, 0.1) is 27.7 Å². The number of rotatable bonds is 4. The van der Waals surface area contributed by atoms with Crippen LogP contribution < -0.4 is 9.47 Å². The summed E-state index contributed by atoms with van der Waals surface area (Å²) in [6.45, 7) is 6.10. The van der Waals surface area contributed by atoms with Gasteiger partial charge in [0.05, 0.1) is 46.9 Å². The highest BCUT2D eigenvalue weighted by Gasteiger charge is 2.34. The maximum atomic E-state index is 12.3. The van der Waals surface area contributed by atoms with Crippen molar-refractivity contribution in [3.05, 3.63) is 153 Å². The lowest BCUT2D eigenvalue weighted by atomic mass is 10.1. The Bertz CT molecular complexity index is 2700. The second-order valence-electron chi connectivity index (χ2n) is 10.1. The maximum Gasteiger partial charge on any atom is 0.261 e. The molecule has 7 rings (SSSR count). The summed E-state index contributed by atoms with van der Waals surface area (Å²) in [5, 5.41) is 0. The number of amides is 4. The first-order valence-corrected chi connectivity index (χ1v) is 13.9. The van der Waals surface area contributed by atoms with E-state index in [0.29, 0.717) is 20.9 Å². The van der Waals surface area contributed by atoms with Crippen LogP contribution in [0.1, 0.15) is 88.4 Å². The van der Waals surface area contributed by atoms with E-state index in [-0.39, 0.29) is 59.5 Å². The van der Waals surface area contributed by atoms with Crippen LogP contribution in [0.25, 0.3) is 0 Å². The van der Waals surface area contributed by atoms with Crippen LogP contribution in [-0.2, 0) is 0 Å². The van der Waals surface area contributed by atoms with Gasteiger partial charge in [-0.25, -0.2) is 0 Å². The largest absolute Gasteiger partial charge is 0.457 e. The summed E-state index contributed by atoms with van der Waals surface area (Å²) in [5.41, 5.74) is -0.619. The minimum absolute atomic E-state index is 0.0634. The zero-order valence-electron chi connectivity index (χ0n) is 44.3. The number of carbonyl (C=O) groups is 4. The van der Waals surface area contributed by atoms with E-state index in [1.54, 1.807) is 13.8 Å². The Balaban J connectivity index is 0.000000204. The highest BCUT2D eigenvalue weighted by atomic mass is 16.5. The lowest BCUT2D eigenvalue weighted by Gasteiger charge is -2.07. The predicted molar refractivity (Wildman–Crippen MR) is 184 cm³/mol. The summed E-state index contributed by atoms with van der Waals surface area (Å²) in [4.78, 5) is 50.5. The molecule has 0 saturated heterocycles. The Labute approximate surface area is 305 Å². The molecule has 2 aliphatic heterocycles. The molecular weight excluding hydrogens is 604 g/mol. The molecule has 4 amide bonds. The van der Waals surface area contributed by atoms with Crippen LogP contribution in [-0.4, -0.2) is 47.5 Å². The minimum Gasteiger partial charge on any atom is -0.457 e. The fourth-order valence-corrected chi connectivity index (χ4v) is 3.85. The van der Waals surface area contributed by atoms with E-state index in [0.717, 1.165) is 14.1 Å². The van der Waals surface area contributed by atoms with Gasteiger partial charge in [0, 0.05) is 14.1 Å². The monoisotopic (exact) mass is 658 g/mol. The molecule has 0 radical (unpaired) electrons. The van der Waals surface area contributed by atoms with E-state index in [9.17, 15) is 19.2 Å². The molecule has 8 heteroatoms. The molecule has 0 bridgehead atoms. The number of carbonyl (C=O) groups excluding carboxylic acids is 4. The summed E-state index contributed by atoms with van der Waals surface area (Å²) in [6, 6.07) is -6.82. The van der Waals surface area contributed by atoms with Crippen molar-refractivity contribution in [2.24, 2.45) is 0 Å². The predicted octanol–water partition coefficient (Wildman–Crippen LogP) is 8.33. The Morgan fingerprint density at radius 3 is 0.979 bits per heavy atom. The van der Waals surface area contributed by atoms with Crippen LogP contribution in [0.4, 0.5) is 0 Å². The molecule has 8 nitrogen and oxygen atoms in total. The lowest BCUT2D eigenvalue weighted by molar-refractivity contribution is 0.0678. The number of fused-ring (bicyclic) bond motifs is 2. The fourth-order valence-electron chi connectivity index (χ4n) is 3.85. The standard InChI is InChI=1S/C18H12N2O5.C14H14O.C8H10/c1-19-15(21)11-5-3-9(7-13(11)17(19)23)25-10-4-6-12-14(8-10)18(24)20(2)16(12)22;1-11-3-7-13(8-4-11)15-14-9-5-12(2)6-10-14;1-7-3-5-8(2)6-4-7/h3-8H,1-2H3;3-10H,1-2H3;3-6H,1-2H3/i3D,4D,5D,6D,7D,8D;3D,4D,5D,6D,7D,8D,9D,10D;3D,4D,5D,6D. The van der Waals surface area contributed by atoms with Crippen LogP contribution in [0.15, 0.2) is 109 Å². The van der Waals surface area contributed by atoms with Gasteiger partial charge in [-0.3, -0.25) is 29.0 Å². The number of hydrogen-bond donors (Lipinski definition) is 0. The normalized spacial score (nSPS) is 18.1. The molecule has 2 aliphatic rings. The maximum absolute atomic E-state index is 12.3. The number of benzene rings is 5. The second-order valence-corrected chi connectivity index (χ2v) is 10.1. The van der Waals surface area contributed by atoms with Gasteiger partial charge in [-0.15, -0.1) is 0 Å². The average molecular weight is 659 g/mol. The topological polar surface area (TPSA) is 93.2 Å². The van der Waals surface area contributed by atoms with Crippen LogP contribution in [0.2, 0.25) is 0 Å². The molecule has 242 valence electrons. The Hall–Kier alpha value is -6.02. The van der Waals surface area contributed by atoms with Crippen molar-refractivity contribution in [3.63, 3.8) is 0 Å². The summed E-state index contributed by atoms with van der Waals surface area (Å²) < 4.78 is 152. The van der Waals surface area contributed by atoms with Crippen molar-refractivity contribution in [1.82, 2.24) is 9.80 Å². The molecule has 0 aliphatic carbocycles. The molecule has 0 saturated carbocycles. The van der Waals surface area contributed by atoms with Crippen LogP contribution >= 0.6 is 0 Å². The van der Waals surface area contributed by atoms with Gasteiger partial charge < -0.3 is 9.47 Å². The van der Waals surface area contributed by atoms with E-state index in [4.69, 9.17) is 34.1 Å². The van der Waals surface area contributed by atoms with E-state index < -0.39 is 129 Å². The lowest BCUT2D eigenvalue weighted by Crippen LogP contribution is -2.24. The molecule has 2 heterocycles. The number of nitrogens with zero attached hydrogens (tertiary/aromatic N) is 2. The van der Waals surface area contributed by atoms with Crippen molar-refractivity contribution in [3.8, 4) is 23.0 Å². The number of ether oxygens (including phenoxy) is 2. The molecular formula is C40H36N2O6. The molecule has 0 unspecified atom stereocenters. The molecule has 5 aromatic rings. The highest BCUT2D eigenvalue weighted by molar-refractivity contribution is 6.22. The van der Waals surface area contributed by atoms with E-state index in [1.807, 2.05) is 0 Å². The van der Waals surface area contributed by atoms with E-state index in [2.05, 4.69) is 0 Å². The van der Waals surface area contributed by atoms with Crippen molar-refractivity contribution >= 4 is 23.6 Å². The third-order valence-electron chi connectivity index (χ3n) is 6.39. The summed E-state index contributed by atoms with van der Waals surface area (Å²) in [5.74, 6) is -5.67. The van der Waals surface area contributed by atoms with E-state index >= 15 is 0 Å². The van der Waals surface area contributed by atoms with Crippen LogP contribution in [0.5, 0.6) is 23.0 Å². The van der Waals surface area contributed by atoms with Gasteiger partial charge in [0.2, 0.25) is 0 Å². The summed E-state index contributed by atoms with van der Waals surface area (Å²) in [7, 11) is 2.31. The molecule has 0 spiro atoms. The van der Waals surface area contributed by atoms with Gasteiger partial charge >= 0.3 is 0 Å². The first-order valence-electron chi connectivity index (χ1n) is 22.9. The second kappa shape index (κ2) is 14.2. The van der Waals surface area contributed by atoms with Gasteiger partial charge in [0.1, 0.15) is 23.0 Å². The van der Waals surface area contributed by atoms with Crippen molar-refractivity contribution in [2.45, 2.75) is 27.7 Å². The summed E-state index contributed by atoms with van der Waals surface area (Å²) in [6.07, 6.45) is 0. The molecule has 5 aromatic carbocycles. The molecule has 0 N–H and O–H groups in total. The third kappa shape index (κ3) is 7.50. The first-order chi connectivity index (χ1) is 30.5. The van der Waals surface area contributed by atoms with Gasteiger partial charge in [0.15, 0.2) is 0 Å². The van der Waals surface area contributed by atoms with Gasteiger partial charge in [-0.05, 0) is 88.1 Å². The smallest absolute Gasteiger partial charge is 0.261 e.